The van der Waals surface area contributed by atoms with Crippen LogP contribution in [0.15, 0.2) is 48.4 Å². The normalized spacial score (nSPS) is 16.4. The van der Waals surface area contributed by atoms with Crippen LogP contribution in [0.2, 0.25) is 0 Å². The van der Waals surface area contributed by atoms with E-state index >= 15 is 0 Å². The molecule has 92 valence electrons. The Bertz CT molecular complexity index is 587. The average Bonchev–Trinajstić information content (AvgIpc) is 2.94. The van der Waals surface area contributed by atoms with E-state index in [0.717, 1.165) is 24.5 Å². The van der Waals surface area contributed by atoms with Crippen molar-refractivity contribution in [1.29, 1.82) is 0 Å². The first-order chi connectivity index (χ1) is 8.90. The maximum absolute atomic E-state index is 5.67. The van der Waals surface area contributed by atoms with Crippen molar-refractivity contribution in [2.24, 2.45) is 0 Å². The van der Waals surface area contributed by atoms with Gasteiger partial charge in [0.1, 0.15) is 11.8 Å². The summed E-state index contributed by atoms with van der Waals surface area (Å²) in [6, 6.07) is 10.4. The fourth-order valence-electron chi connectivity index (χ4n) is 2.42. The minimum atomic E-state index is 0.0404. The summed E-state index contributed by atoms with van der Waals surface area (Å²) in [5.41, 5.74) is 1.03. The van der Waals surface area contributed by atoms with Crippen LogP contribution in [-0.2, 0) is 4.74 Å². The molecule has 0 spiro atoms. The molecule has 1 N–H and O–H groups in total. The Morgan fingerprint density at radius 2 is 2.17 bits per heavy atom. The summed E-state index contributed by atoms with van der Waals surface area (Å²) >= 11 is 0. The molecule has 18 heavy (non-hydrogen) atoms. The lowest BCUT2D eigenvalue weighted by molar-refractivity contribution is 0.217. The molecule has 0 saturated heterocycles. The van der Waals surface area contributed by atoms with E-state index in [9.17, 15) is 0 Å². The van der Waals surface area contributed by atoms with Crippen LogP contribution in [0.5, 0.6) is 0 Å². The van der Waals surface area contributed by atoms with E-state index < -0.39 is 0 Å². The van der Waals surface area contributed by atoms with Gasteiger partial charge in [0.15, 0.2) is 0 Å². The fourth-order valence-corrected chi connectivity index (χ4v) is 2.42. The molecule has 1 unspecified atom stereocenters. The van der Waals surface area contributed by atoms with Gasteiger partial charge >= 0.3 is 0 Å². The third-order valence-electron chi connectivity index (χ3n) is 3.28. The average molecular weight is 240 g/mol. The van der Waals surface area contributed by atoms with Crippen LogP contribution in [0.4, 0.5) is 0 Å². The zero-order valence-corrected chi connectivity index (χ0v) is 10.4. The Morgan fingerprint density at radius 1 is 1.28 bits per heavy atom. The minimum absolute atomic E-state index is 0.0404. The molecule has 1 atom stereocenters. The standard InChI is InChI=1S/C15H16N2O/c1-16-15(13-7-4-10-18-13)14-12-6-3-2-5-11(12)8-9-17-14/h2-3,5-9,15-16H,4,10H2,1H3. The molecule has 1 aromatic carbocycles. The third kappa shape index (κ3) is 1.87. The van der Waals surface area contributed by atoms with Gasteiger partial charge in [-0.25, -0.2) is 0 Å². The molecule has 1 aromatic heterocycles. The molecule has 0 amide bonds. The molecule has 0 saturated carbocycles. The van der Waals surface area contributed by atoms with Gasteiger partial charge in [-0.05, 0) is 24.6 Å². The van der Waals surface area contributed by atoms with Crippen LogP contribution in [-0.4, -0.2) is 18.6 Å². The van der Waals surface area contributed by atoms with Crippen molar-refractivity contribution < 1.29 is 4.74 Å². The van der Waals surface area contributed by atoms with Crippen LogP contribution in [0.25, 0.3) is 10.8 Å². The second kappa shape index (κ2) is 4.78. The van der Waals surface area contributed by atoms with Crippen LogP contribution < -0.4 is 5.32 Å². The first kappa shape index (κ1) is 11.2. The number of ether oxygens (including phenoxy) is 1. The Labute approximate surface area is 106 Å². The largest absolute Gasteiger partial charge is 0.496 e. The van der Waals surface area contributed by atoms with Crippen molar-refractivity contribution in [3.8, 4) is 0 Å². The molecule has 3 heteroatoms. The summed E-state index contributed by atoms with van der Waals surface area (Å²) in [4.78, 5) is 4.54. The van der Waals surface area contributed by atoms with E-state index in [1.165, 1.54) is 10.8 Å². The highest BCUT2D eigenvalue weighted by Crippen LogP contribution is 2.29. The Kier molecular flexibility index (Phi) is 2.99. The number of fused-ring (bicyclic) bond motifs is 1. The molecule has 2 heterocycles. The molecule has 0 radical (unpaired) electrons. The van der Waals surface area contributed by atoms with Crippen molar-refractivity contribution in [3.63, 3.8) is 0 Å². The van der Waals surface area contributed by atoms with Crippen LogP contribution >= 0.6 is 0 Å². The summed E-state index contributed by atoms with van der Waals surface area (Å²) in [5.74, 6) is 0.987. The molecule has 3 nitrogen and oxygen atoms in total. The van der Waals surface area contributed by atoms with Crippen LogP contribution in [0.1, 0.15) is 18.2 Å². The quantitative estimate of drug-likeness (QED) is 0.895. The Morgan fingerprint density at radius 3 is 2.94 bits per heavy atom. The number of nitrogens with zero attached hydrogens (tertiary/aromatic N) is 1. The SMILES string of the molecule is CNC(C1=CCCO1)c1nccc2ccccc12. The maximum Gasteiger partial charge on any atom is 0.115 e. The monoisotopic (exact) mass is 240 g/mol. The van der Waals surface area contributed by atoms with Gasteiger partial charge in [0, 0.05) is 18.0 Å². The van der Waals surface area contributed by atoms with Gasteiger partial charge in [-0.2, -0.15) is 0 Å². The highest BCUT2D eigenvalue weighted by molar-refractivity contribution is 5.84. The number of likely N-dealkylation sites (N-methyl/N-ethyl adjacent to an activating group) is 1. The first-order valence-electron chi connectivity index (χ1n) is 6.24. The lowest BCUT2D eigenvalue weighted by Crippen LogP contribution is -2.20. The van der Waals surface area contributed by atoms with Crippen LogP contribution in [0.3, 0.4) is 0 Å². The third-order valence-corrected chi connectivity index (χ3v) is 3.28. The summed E-state index contributed by atoms with van der Waals surface area (Å²) in [6.07, 6.45) is 4.99. The molecule has 0 aliphatic carbocycles. The number of aromatic nitrogens is 1. The summed E-state index contributed by atoms with van der Waals surface area (Å²) in [6.45, 7) is 0.776. The van der Waals surface area contributed by atoms with E-state index in [-0.39, 0.29) is 6.04 Å². The number of hydrogen-bond acceptors (Lipinski definition) is 3. The highest BCUT2D eigenvalue weighted by atomic mass is 16.5. The predicted molar refractivity (Wildman–Crippen MR) is 72.2 cm³/mol. The van der Waals surface area contributed by atoms with E-state index in [2.05, 4.69) is 28.5 Å². The molecule has 0 bridgehead atoms. The number of rotatable bonds is 3. The van der Waals surface area contributed by atoms with Gasteiger partial charge in [0.2, 0.25) is 0 Å². The molecule has 1 aliphatic heterocycles. The van der Waals surface area contributed by atoms with Gasteiger partial charge in [-0.3, -0.25) is 4.98 Å². The lowest BCUT2D eigenvalue weighted by Gasteiger charge is -2.18. The Hall–Kier alpha value is -1.87. The molecule has 1 aliphatic rings. The minimum Gasteiger partial charge on any atom is -0.496 e. The first-order valence-corrected chi connectivity index (χ1v) is 6.24. The van der Waals surface area contributed by atoms with Crippen molar-refractivity contribution in [2.45, 2.75) is 12.5 Å². The summed E-state index contributed by atoms with van der Waals surface area (Å²) < 4.78 is 5.67. The molecular formula is C15H16N2O. The molecular weight excluding hydrogens is 224 g/mol. The van der Waals surface area contributed by atoms with E-state index in [0.29, 0.717) is 0 Å². The fraction of sp³-hybridized carbons (Fsp3) is 0.267. The van der Waals surface area contributed by atoms with Gasteiger partial charge < -0.3 is 10.1 Å². The number of hydrogen-bond donors (Lipinski definition) is 1. The van der Waals surface area contributed by atoms with Gasteiger partial charge in [-0.15, -0.1) is 0 Å². The predicted octanol–water partition coefficient (Wildman–Crippen LogP) is 2.80. The van der Waals surface area contributed by atoms with Gasteiger partial charge in [0.05, 0.1) is 12.3 Å². The number of nitrogens with one attached hydrogen (secondary N) is 1. The second-order valence-corrected chi connectivity index (χ2v) is 4.38. The van der Waals surface area contributed by atoms with Gasteiger partial charge in [-0.1, -0.05) is 24.3 Å². The van der Waals surface area contributed by atoms with Crippen LogP contribution in [0, 0.1) is 0 Å². The van der Waals surface area contributed by atoms with Crippen molar-refractivity contribution in [1.82, 2.24) is 10.3 Å². The molecule has 3 rings (SSSR count). The summed E-state index contributed by atoms with van der Waals surface area (Å²) in [5, 5.41) is 5.68. The van der Waals surface area contributed by atoms with E-state index in [1.54, 1.807) is 0 Å². The zero-order valence-electron chi connectivity index (χ0n) is 10.4. The van der Waals surface area contributed by atoms with Crippen molar-refractivity contribution in [2.75, 3.05) is 13.7 Å². The number of benzene rings is 1. The summed E-state index contributed by atoms with van der Waals surface area (Å²) in [7, 11) is 1.94. The number of pyridine rings is 1. The highest BCUT2D eigenvalue weighted by Gasteiger charge is 2.21. The second-order valence-electron chi connectivity index (χ2n) is 4.38. The molecule has 0 fully saturated rings. The topological polar surface area (TPSA) is 34.1 Å². The van der Waals surface area contributed by atoms with Crippen molar-refractivity contribution >= 4 is 10.8 Å². The zero-order chi connectivity index (χ0) is 12.4. The van der Waals surface area contributed by atoms with Crippen molar-refractivity contribution in [3.05, 3.63) is 54.1 Å². The van der Waals surface area contributed by atoms with E-state index in [4.69, 9.17) is 4.74 Å². The maximum atomic E-state index is 5.67. The molecule has 2 aromatic rings. The van der Waals surface area contributed by atoms with E-state index in [1.807, 2.05) is 31.4 Å². The lowest BCUT2D eigenvalue weighted by atomic mass is 10.0. The smallest absolute Gasteiger partial charge is 0.115 e. The van der Waals surface area contributed by atoms with Gasteiger partial charge in [0.25, 0.3) is 0 Å². The Balaban J connectivity index is 2.12.